The number of fused-ring (bicyclic) bond motifs is 1. The van der Waals surface area contributed by atoms with Crippen LogP contribution in [0.1, 0.15) is 17.5 Å². The third-order valence-electron chi connectivity index (χ3n) is 3.69. The predicted octanol–water partition coefficient (Wildman–Crippen LogP) is 0.832. The van der Waals surface area contributed by atoms with E-state index in [0.29, 0.717) is 26.1 Å². The number of hydrogen-bond donors (Lipinski definition) is 2. The van der Waals surface area contributed by atoms with Crippen molar-refractivity contribution in [2.24, 2.45) is 0 Å². The van der Waals surface area contributed by atoms with E-state index in [1.807, 2.05) is 12.1 Å². The maximum atomic E-state index is 11.3. The number of ether oxygens (including phenoxy) is 1. The molecule has 1 saturated heterocycles. The number of carbonyl (C=O) groups is 1. The van der Waals surface area contributed by atoms with Crippen molar-refractivity contribution in [3.05, 3.63) is 29.3 Å². The quantitative estimate of drug-likeness (QED) is 0.813. The molecule has 2 N–H and O–H groups in total. The summed E-state index contributed by atoms with van der Waals surface area (Å²) in [6, 6.07) is 6.06. The van der Waals surface area contributed by atoms with Crippen molar-refractivity contribution < 1.29 is 14.6 Å². The van der Waals surface area contributed by atoms with Gasteiger partial charge in [-0.1, -0.05) is 12.1 Å². The molecule has 0 aromatic heterocycles. The van der Waals surface area contributed by atoms with Crippen LogP contribution in [0.25, 0.3) is 0 Å². The molecular weight excluding hydrogens is 218 g/mol. The molecule has 0 spiro atoms. The third kappa shape index (κ3) is 1.64. The minimum Gasteiger partial charge on any atom is -0.396 e. The Balaban J connectivity index is 1.94. The summed E-state index contributed by atoms with van der Waals surface area (Å²) in [5.74, 6) is 0.0539. The highest BCUT2D eigenvalue weighted by atomic mass is 16.5. The van der Waals surface area contributed by atoms with Gasteiger partial charge < -0.3 is 15.2 Å². The highest BCUT2D eigenvalue weighted by molar-refractivity contribution is 5.99. The average Bonchev–Trinajstić information content (AvgIpc) is 2.62. The van der Waals surface area contributed by atoms with Crippen LogP contribution < -0.4 is 5.32 Å². The molecule has 1 aromatic rings. The number of benzene rings is 1. The highest BCUT2D eigenvalue weighted by Gasteiger charge is 2.40. The van der Waals surface area contributed by atoms with Gasteiger partial charge in [0.1, 0.15) is 0 Å². The summed E-state index contributed by atoms with van der Waals surface area (Å²) in [6.45, 7) is 1.49. The van der Waals surface area contributed by atoms with Gasteiger partial charge in [0.05, 0.1) is 19.6 Å². The van der Waals surface area contributed by atoms with E-state index < -0.39 is 0 Å². The fourth-order valence-corrected chi connectivity index (χ4v) is 2.58. The number of aliphatic hydroxyl groups excluding tert-OH is 1. The van der Waals surface area contributed by atoms with Crippen LogP contribution in [0.5, 0.6) is 0 Å². The fourth-order valence-electron chi connectivity index (χ4n) is 2.58. The van der Waals surface area contributed by atoms with Crippen LogP contribution in [-0.4, -0.2) is 30.8 Å². The van der Waals surface area contributed by atoms with E-state index in [9.17, 15) is 4.79 Å². The van der Waals surface area contributed by atoms with Crippen molar-refractivity contribution >= 4 is 11.6 Å². The van der Waals surface area contributed by atoms with Gasteiger partial charge in [-0.25, -0.2) is 0 Å². The van der Waals surface area contributed by atoms with Crippen molar-refractivity contribution in [2.75, 3.05) is 25.1 Å². The van der Waals surface area contributed by atoms with Gasteiger partial charge in [0.25, 0.3) is 0 Å². The van der Waals surface area contributed by atoms with Crippen molar-refractivity contribution in [2.45, 2.75) is 18.3 Å². The summed E-state index contributed by atoms with van der Waals surface area (Å²) in [6.07, 6.45) is 1.17. The standard InChI is InChI=1S/C13H15NO3/c15-4-3-13(7-17-8-13)10-1-2-11-9(5-10)6-12(16)14-11/h1-2,5,15H,3-4,6-8H2,(H,14,16). The smallest absolute Gasteiger partial charge is 0.228 e. The topological polar surface area (TPSA) is 58.6 Å². The summed E-state index contributed by atoms with van der Waals surface area (Å²) in [5, 5.41) is 12.0. The molecule has 2 aliphatic rings. The number of anilines is 1. The number of amides is 1. The first-order chi connectivity index (χ1) is 8.23. The first-order valence-corrected chi connectivity index (χ1v) is 5.85. The van der Waals surface area contributed by atoms with E-state index in [-0.39, 0.29) is 17.9 Å². The lowest BCUT2D eigenvalue weighted by atomic mass is 9.75. The lowest BCUT2D eigenvalue weighted by Crippen LogP contribution is -2.47. The Morgan fingerprint density at radius 3 is 2.88 bits per heavy atom. The van der Waals surface area contributed by atoms with E-state index in [1.54, 1.807) is 0 Å². The van der Waals surface area contributed by atoms with Crippen LogP contribution >= 0.6 is 0 Å². The van der Waals surface area contributed by atoms with Crippen LogP contribution in [-0.2, 0) is 21.4 Å². The second-order valence-electron chi connectivity index (χ2n) is 4.84. The van der Waals surface area contributed by atoms with Gasteiger partial charge >= 0.3 is 0 Å². The molecule has 17 heavy (non-hydrogen) atoms. The van der Waals surface area contributed by atoms with Gasteiger partial charge in [-0.3, -0.25) is 4.79 Å². The Bertz CT molecular complexity index is 466. The highest BCUT2D eigenvalue weighted by Crippen LogP contribution is 2.38. The summed E-state index contributed by atoms with van der Waals surface area (Å²) < 4.78 is 5.29. The fraction of sp³-hybridized carbons (Fsp3) is 0.462. The molecule has 4 nitrogen and oxygen atoms in total. The monoisotopic (exact) mass is 233 g/mol. The third-order valence-corrected chi connectivity index (χ3v) is 3.69. The van der Waals surface area contributed by atoms with Crippen LogP contribution in [0.2, 0.25) is 0 Å². The minimum atomic E-state index is -0.0462. The van der Waals surface area contributed by atoms with Crippen LogP contribution in [0.3, 0.4) is 0 Å². The van der Waals surface area contributed by atoms with Crippen molar-refractivity contribution in [1.82, 2.24) is 0 Å². The SMILES string of the molecule is O=C1Cc2cc(C3(CCO)COC3)ccc2N1. The van der Waals surface area contributed by atoms with Crippen LogP contribution in [0.15, 0.2) is 18.2 Å². The molecule has 0 radical (unpaired) electrons. The maximum absolute atomic E-state index is 11.3. The molecule has 1 fully saturated rings. The molecule has 0 atom stereocenters. The first-order valence-electron chi connectivity index (χ1n) is 5.85. The van der Waals surface area contributed by atoms with Gasteiger partial charge in [-0.2, -0.15) is 0 Å². The van der Waals surface area contributed by atoms with Gasteiger partial charge in [-0.15, -0.1) is 0 Å². The van der Waals surface area contributed by atoms with E-state index in [2.05, 4.69) is 11.4 Å². The molecule has 90 valence electrons. The van der Waals surface area contributed by atoms with E-state index in [4.69, 9.17) is 9.84 Å². The van der Waals surface area contributed by atoms with Gasteiger partial charge in [0, 0.05) is 17.7 Å². The number of aliphatic hydroxyl groups is 1. The molecule has 0 saturated carbocycles. The van der Waals surface area contributed by atoms with Crippen molar-refractivity contribution in [3.63, 3.8) is 0 Å². The molecule has 4 heteroatoms. The number of hydrogen-bond acceptors (Lipinski definition) is 3. The number of nitrogens with one attached hydrogen (secondary N) is 1. The molecule has 1 aromatic carbocycles. The van der Waals surface area contributed by atoms with Gasteiger partial charge in [0.2, 0.25) is 5.91 Å². The predicted molar refractivity (Wildman–Crippen MR) is 63.0 cm³/mol. The molecule has 0 aliphatic carbocycles. The largest absolute Gasteiger partial charge is 0.396 e. The molecule has 2 aliphatic heterocycles. The average molecular weight is 233 g/mol. The molecule has 2 heterocycles. The summed E-state index contributed by atoms with van der Waals surface area (Å²) in [4.78, 5) is 11.3. The number of carbonyl (C=O) groups excluding carboxylic acids is 1. The maximum Gasteiger partial charge on any atom is 0.228 e. The van der Waals surface area contributed by atoms with Crippen LogP contribution in [0, 0.1) is 0 Å². The minimum absolute atomic E-state index is 0.0462. The lowest BCUT2D eigenvalue weighted by molar-refractivity contribution is -0.115. The number of rotatable bonds is 3. The molecule has 3 rings (SSSR count). The molecule has 0 bridgehead atoms. The van der Waals surface area contributed by atoms with E-state index in [0.717, 1.165) is 11.3 Å². The van der Waals surface area contributed by atoms with Crippen LogP contribution in [0.4, 0.5) is 5.69 Å². The summed E-state index contributed by atoms with van der Waals surface area (Å²) in [7, 11) is 0. The Kier molecular flexibility index (Phi) is 2.42. The Morgan fingerprint density at radius 1 is 1.41 bits per heavy atom. The molecular formula is C13H15NO3. The molecule has 0 unspecified atom stereocenters. The van der Waals surface area contributed by atoms with E-state index in [1.165, 1.54) is 5.56 Å². The second kappa shape index (κ2) is 3.82. The van der Waals surface area contributed by atoms with E-state index >= 15 is 0 Å². The summed E-state index contributed by atoms with van der Waals surface area (Å²) in [5.41, 5.74) is 3.10. The second-order valence-corrected chi connectivity index (χ2v) is 4.84. The lowest BCUT2D eigenvalue weighted by Gasteiger charge is -2.42. The zero-order valence-corrected chi connectivity index (χ0v) is 9.53. The van der Waals surface area contributed by atoms with Crippen molar-refractivity contribution in [3.8, 4) is 0 Å². The first kappa shape index (κ1) is 10.7. The van der Waals surface area contributed by atoms with Crippen molar-refractivity contribution in [1.29, 1.82) is 0 Å². The summed E-state index contributed by atoms with van der Waals surface area (Å²) >= 11 is 0. The van der Waals surface area contributed by atoms with Gasteiger partial charge in [-0.05, 0) is 23.6 Å². The Morgan fingerprint density at radius 2 is 2.24 bits per heavy atom. The normalized spacial score (nSPS) is 20.6. The zero-order chi connectivity index (χ0) is 11.9. The Labute approximate surface area is 99.6 Å². The zero-order valence-electron chi connectivity index (χ0n) is 9.53. The van der Waals surface area contributed by atoms with Gasteiger partial charge in [0.15, 0.2) is 0 Å². The Hall–Kier alpha value is -1.39. The molecule has 1 amide bonds.